The Balaban J connectivity index is 0.00000193. The molecule has 1 aliphatic heterocycles. The summed E-state index contributed by atoms with van der Waals surface area (Å²) in [6.45, 7) is 6.93. The van der Waals surface area contributed by atoms with Gasteiger partial charge in [-0.3, -0.25) is 9.58 Å². The Labute approximate surface area is 209 Å². The Morgan fingerprint density at radius 2 is 1.76 bits per heavy atom. The molecular formula is C24H37Cl2N3O4. The van der Waals surface area contributed by atoms with Gasteiger partial charge in [-0.1, -0.05) is 0 Å². The number of methoxy groups -OCH3 is 1. The number of ether oxygens (including phenoxy) is 3. The van der Waals surface area contributed by atoms with Crippen LogP contribution in [0.2, 0.25) is 0 Å². The molecular weight excluding hydrogens is 465 g/mol. The first kappa shape index (κ1) is 27.7. The summed E-state index contributed by atoms with van der Waals surface area (Å²) in [6, 6.07) is 7.93. The molecule has 2 aromatic rings. The van der Waals surface area contributed by atoms with Gasteiger partial charge >= 0.3 is 0 Å². The van der Waals surface area contributed by atoms with E-state index in [0.717, 1.165) is 48.7 Å². The summed E-state index contributed by atoms with van der Waals surface area (Å²) in [6.07, 6.45) is 6.74. The number of halogens is 2. The summed E-state index contributed by atoms with van der Waals surface area (Å²) in [5, 5.41) is 15.3. The molecule has 1 N–H and O–H groups in total. The van der Waals surface area contributed by atoms with Crippen molar-refractivity contribution in [2.24, 2.45) is 0 Å². The number of aromatic nitrogens is 2. The number of morpholine rings is 1. The van der Waals surface area contributed by atoms with Gasteiger partial charge in [0.2, 0.25) is 0 Å². The van der Waals surface area contributed by atoms with Crippen LogP contribution in [-0.2, 0) is 11.3 Å². The largest absolute Gasteiger partial charge is 0.493 e. The maximum absolute atomic E-state index is 10.6. The molecule has 186 valence electrons. The highest BCUT2D eigenvalue weighted by molar-refractivity contribution is 5.85. The first-order valence-corrected chi connectivity index (χ1v) is 11.4. The number of benzene rings is 1. The molecule has 7 nitrogen and oxygen atoms in total. The maximum Gasteiger partial charge on any atom is 0.162 e. The van der Waals surface area contributed by atoms with Crippen LogP contribution in [0.1, 0.15) is 39.5 Å². The molecule has 1 aromatic carbocycles. The minimum Gasteiger partial charge on any atom is -0.493 e. The zero-order valence-electron chi connectivity index (χ0n) is 19.7. The van der Waals surface area contributed by atoms with E-state index in [1.165, 1.54) is 12.8 Å². The van der Waals surface area contributed by atoms with Crippen LogP contribution in [0.25, 0.3) is 11.3 Å². The molecule has 0 spiro atoms. The summed E-state index contributed by atoms with van der Waals surface area (Å²) in [4.78, 5) is 2.27. The van der Waals surface area contributed by atoms with E-state index in [0.29, 0.717) is 13.1 Å². The van der Waals surface area contributed by atoms with Crippen LogP contribution in [0.5, 0.6) is 11.5 Å². The van der Waals surface area contributed by atoms with Crippen molar-refractivity contribution in [3.63, 3.8) is 0 Å². The van der Waals surface area contributed by atoms with E-state index in [1.807, 2.05) is 35.1 Å². The average molecular weight is 502 g/mol. The number of nitrogens with zero attached hydrogens (tertiary/aromatic N) is 3. The molecule has 1 aliphatic carbocycles. The summed E-state index contributed by atoms with van der Waals surface area (Å²) in [7, 11) is 1.67. The lowest BCUT2D eigenvalue weighted by Crippen LogP contribution is -2.48. The molecule has 0 radical (unpaired) electrons. The standard InChI is InChI=1S/C24H35N3O4.2ClH/c1-17-13-26(14-18(2)30-17)15-20(28)16-27-11-10-22(25-27)19-8-9-23(29-3)24(12-19)31-21-6-4-5-7-21;;/h8-12,17-18,20-21,28H,4-7,13-16H2,1-3H3;2*1H. The Morgan fingerprint density at radius 3 is 2.42 bits per heavy atom. The van der Waals surface area contributed by atoms with Crippen molar-refractivity contribution in [2.75, 3.05) is 26.7 Å². The fourth-order valence-electron chi connectivity index (χ4n) is 4.74. The second-order valence-corrected chi connectivity index (χ2v) is 8.94. The topological polar surface area (TPSA) is 69.0 Å². The molecule has 3 atom stereocenters. The Kier molecular flexibility index (Phi) is 10.8. The predicted molar refractivity (Wildman–Crippen MR) is 134 cm³/mol. The van der Waals surface area contributed by atoms with E-state index in [1.54, 1.807) is 7.11 Å². The van der Waals surface area contributed by atoms with Gasteiger partial charge in [0.1, 0.15) is 0 Å². The van der Waals surface area contributed by atoms with Gasteiger partial charge in [0.05, 0.1) is 43.8 Å². The van der Waals surface area contributed by atoms with Gasteiger partial charge in [0, 0.05) is 31.4 Å². The van der Waals surface area contributed by atoms with Gasteiger partial charge in [0.15, 0.2) is 11.5 Å². The highest BCUT2D eigenvalue weighted by Crippen LogP contribution is 2.35. The average Bonchev–Trinajstić information content (AvgIpc) is 3.39. The van der Waals surface area contributed by atoms with Crippen LogP contribution in [-0.4, -0.2) is 70.9 Å². The number of hydrogen-bond acceptors (Lipinski definition) is 6. The van der Waals surface area contributed by atoms with Crippen molar-refractivity contribution < 1.29 is 19.3 Å². The first-order valence-electron chi connectivity index (χ1n) is 11.4. The summed E-state index contributed by atoms with van der Waals surface area (Å²) < 4.78 is 19.3. The molecule has 3 unspecified atom stereocenters. The molecule has 0 bridgehead atoms. The minimum atomic E-state index is -0.484. The Bertz CT molecular complexity index is 850. The molecule has 2 heterocycles. The Hall–Kier alpha value is -1.51. The Morgan fingerprint density at radius 1 is 1.06 bits per heavy atom. The number of β-amino-alcohol motifs (C(OH)–C–C–N with tert-alkyl or cyclic N) is 1. The summed E-state index contributed by atoms with van der Waals surface area (Å²) in [5.74, 6) is 1.52. The van der Waals surface area contributed by atoms with Gasteiger partial charge in [-0.25, -0.2) is 0 Å². The maximum atomic E-state index is 10.6. The lowest BCUT2D eigenvalue weighted by atomic mass is 10.1. The first-order chi connectivity index (χ1) is 15.0. The number of aliphatic hydroxyl groups is 1. The quantitative estimate of drug-likeness (QED) is 0.584. The van der Waals surface area contributed by atoms with Crippen LogP contribution in [0, 0.1) is 0 Å². The van der Waals surface area contributed by atoms with Crippen molar-refractivity contribution in [1.29, 1.82) is 0 Å². The van der Waals surface area contributed by atoms with E-state index in [9.17, 15) is 5.11 Å². The summed E-state index contributed by atoms with van der Waals surface area (Å²) in [5.41, 5.74) is 1.85. The number of hydrogen-bond donors (Lipinski definition) is 1. The van der Waals surface area contributed by atoms with Crippen LogP contribution < -0.4 is 9.47 Å². The smallest absolute Gasteiger partial charge is 0.162 e. The second kappa shape index (κ2) is 12.8. The molecule has 33 heavy (non-hydrogen) atoms. The predicted octanol–water partition coefficient (Wildman–Crippen LogP) is 4.19. The highest BCUT2D eigenvalue weighted by atomic mass is 35.5. The van der Waals surface area contributed by atoms with E-state index < -0.39 is 6.10 Å². The van der Waals surface area contributed by atoms with Crippen LogP contribution in [0.3, 0.4) is 0 Å². The molecule has 4 rings (SSSR count). The highest BCUT2D eigenvalue weighted by Gasteiger charge is 2.24. The van der Waals surface area contributed by atoms with Crippen LogP contribution in [0.4, 0.5) is 0 Å². The van der Waals surface area contributed by atoms with Crippen molar-refractivity contribution in [1.82, 2.24) is 14.7 Å². The summed E-state index contributed by atoms with van der Waals surface area (Å²) >= 11 is 0. The zero-order chi connectivity index (χ0) is 21.8. The monoisotopic (exact) mass is 501 g/mol. The van der Waals surface area contributed by atoms with Gasteiger partial charge in [-0.05, 0) is 63.8 Å². The van der Waals surface area contributed by atoms with Gasteiger partial charge < -0.3 is 19.3 Å². The van der Waals surface area contributed by atoms with Gasteiger partial charge in [0.25, 0.3) is 0 Å². The molecule has 2 aliphatic rings. The van der Waals surface area contributed by atoms with Crippen molar-refractivity contribution >= 4 is 24.8 Å². The molecule has 9 heteroatoms. The second-order valence-electron chi connectivity index (χ2n) is 8.94. The van der Waals surface area contributed by atoms with Gasteiger partial charge in [-0.2, -0.15) is 5.10 Å². The third-order valence-electron chi connectivity index (χ3n) is 6.06. The van der Waals surface area contributed by atoms with E-state index in [4.69, 9.17) is 14.2 Å². The SMILES string of the molecule is COc1ccc(-c2ccn(CC(O)CN3CC(C)OC(C)C3)n2)cc1OC1CCCC1.Cl.Cl. The third kappa shape index (κ3) is 7.49. The fraction of sp³-hybridized carbons (Fsp3) is 0.625. The number of rotatable bonds is 8. The van der Waals surface area contributed by atoms with Gasteiger partial charge in [-0.15, -0.1) is 24.8 Å². The van der Waals surface area contributed by atoms with Crippen molar-refractivity contribution in [3.05, 3.63) is 30.5 Å². The minimum absolute atomic E-state index is 0. The molecule has 0 amide bonds. The fourth-order valence-corrected chi connectivity index (χ4v) is 4.74. The van der Waals surface area contributed by atoms with E-state index >= 15 is 0 Å². The van der Waals surface area contributed by atoms with Crippen molar-refractivity contribution in [3.8, 4) is 22.8 Å². The van der Waals surface area contributed by atoms with Crippen molar-refractivity contribution in [2.45, 2.75) is 70.5 Å². The normalized spacial score (nSPS) is 22.3. The lowest BCUT2D eigenvalue weighted by molar-refractivity contribution is -0.0774. The third-order valence-corrected chi connectivity index (χ3v) is 6.06. The lowest BCUT2D eigenvalue weighted by Gasteiger charge is -2.36. The van der Waals surface area contributed by atoms with Crippen LogP contribution >= 0.6 is 24.8 Å². The molecule has 1 saturated heterocycles. The zero-order valence-corrected chi connectivity index (χ0v) is 21.3. The van der Waals surface area contributed by atoms with Crippen LogP contribution in [0.15, 0.2) is 30.5 Å². The van der Waals surface area contributed by atoms with E-state index in [-0.39, 0.29) is 43.1 Å². The van der Waals surface area contributed by atoms with E-state index in [2.05, 4.69) is 23.8 Å². The molecule has 2 fully saturated rings. The molecule has 1 aromatic heterocycles. The molecule has 1 saturated carbocycles. The number of aliphatic hydroxyl groups excluding tert-OH is 1.